The van der Waals surface area contributed by atoms with E-state index in [0.717, 1.165) is 11.3 Å². The SMILES string of the molecule is FC(N1CCCCC1)C(F)(C1COCCO1)C(F)(F)F. The van der Waals surface area contributed by atoms with Gasteiger partial charge in [-0.15, -0.1) is 0 Å². The summed E-state index contributed by atoms with van der Waals surface area (Å²) in [7, 11) is 0. The molecule has 0 amide bonds. The second kappa shape index (κ2) is 6.11. The van der Waals surface area contributed by atoms with Crippen molar-refractivity contribution in [3.8, 4) is 0 Å². The number of hydrogen-bond acceptors (Lipinski definition) is 3. The minimum Gasteiger partial charge on any atom is -0.376 e. The Morgan fingerprint density at radius 2 is 1.65 bits per heavy atom. The summed E-state index contributed by atoms with van der Waals surface area (Å²) in [5.74, 6) is 0. The molecule has 0 saturated carbocycles. The largest absolute Gasteiger partial charge is 0.429 e. The molecule has 3 unspecified atom stereocenters. The number of alkyl halides is 5. The molecule has 0 aromatic carbocycles. The Hall–Kier alpha value is -0.470. The highest BCUT2D eigenvalue weighted by Crippen LogP contribution is 2.44. The van der Waals surface area contributed by atoms with E-state index in [9.17, 15) is 22.0 Å². The summed E-state index contributed by atoms with van der Waals surface area (Å²) in [6, 6.07) is 0. The van der Waals surface area contributed by atoms with Gasteiger partial charge in [0.25, 0.3) is 5.67 Å². The third kappa shape index (κ3) is 2.92. The van der Waals surface area contributed by atoms with Crippen molar-refractivity contribution in [1.29, 1.82) is 0 Å². The topological polar surface area (TPSA) is 21.7 Å². The first-order chi connectivity index (χ1) is 9.37. The Bertz CT molecular complexity index is 315. The average molecular weight is 303 g/mol. The lowest BCUT2D eigenvalue weighted by Gasteiger charge is -2.43. The van der Waals surface area contributed by atoms with Gasteiger partial charge in [-0.25, -0.2) is 8.78 Å². The zero-order valence-corrected chi connectivity index (χ0v) is 11.0. The summed E-state index contributed by atoms with van der Waals surface area (Å²) >= 11 is 0. The van der Waals surface area contributed by atoms with E-state index in [2.05, 4.69) is 0 Å². The van der Waals surface area contributed by atoms with Crippen LogP contribution in [0, 0.1) is 0 Å². The first-order valence-corrected chi connectivity index (χ1v) is 6.70. The van der Waals surface area contributed by atoms with E-state index in [1.807, 2.05) is 0 Å². The van der Waals surface area contributed by atoms with Crippen LogP contribution in [0.2, 0.25) is 0 Å². The molecule has 0 bridgehead atoms. The lowest BCUT2D eigenvalue weighted by molar-refractivity contribution is -0.316. The maximum absolute atomic E-state index is 14.6. The Balaban J connectivity index is 2.20. The third-order valence-corrected chi connectivity index (χ3v) is 3.78. The van der Waals surface area contributed by atoms with Crippen molar-refractivity contribution >= 4 is 0 Å². The molecule has 118 valence electrons. The first kappa shape index (κ1) is 15.9. The fraction of sp³-hybridized carbons (Fsp3) is 1.00. The van der Waals surface area contributed by atoms with Crippen LogP contribution in [0.1, 0.15) is 19.3 Å². The van der Waals surface area contributed by atoms with Crippen molar-refractivity contribution in [2.24, 2.45) is 0 Å². The molecule has 0 aliphatic carbocycles. The molecule has 2 saturated heterocycles. The molecule has 3 nitrogen and oxygen atoms in total. The zero-order chi connectivity index (χ0) is 14.8. The molecule has 0 aromatic rings. The lowest BCUT2D eigenvalue weighted by Crippen LogP contribution is -2.65. The standard InChI is InChI=1S/C12H18F5NO2/c13-10(18-4-2-1-3-5-18)11(14,12(15,16)17)9-8-19-6-7-20-9/h9-10H,1-8H2. The van der Waals surface area contributed by atoms with Gasteiger partial charge < -0.3 is 9.47 Å². The van der Waals surface area contributed by atoms with Crippen LogP contribution < -0.4 is 0 Å². The Morgan fingerprint density at radius 1 is 1.00 bits per heavy atom. The van der Waals surface area contributed by atoms with Gasteiger partial charge in [-0.3, -0.25) is 4.90 Å². The first-order valence-electron chi connectivity index (χ1n) is 6.70. The summed E-state index contributed by atoms with van der Waals surface area (Å²) in [5, 5.41) is 0. The lowest BCUT2D eigenvalue weighted by atomic mass is 9.94. The second-order valence-corrected chi connectivity index (χ2v) is 5.13. The van der Waals surface area contributed by atoms with Gasteiger partial charge in [-0.05, 0) is 12.8 Å². The molecule has 0 N–H and O–H groups in total. The van der Waals surface area contributed by atoms with Crippen LogP contribution in [0.15, 0.2) is 0 Å². The molecule has 0 radical (unpaired) electrons. The number of nitrogens with zero attached hydrogens (tertiary/aromatic N) is 1. The molecule has 2 aliphatic heterocycles. The fourth-order valence-corrected chi connectivity index (χ4v) is 2.61. The van der Waals surface area contributed by atoms with Gasteiger partial charge in [-0.1, -0.05) is 6.42 Å². The van der Waals surface area contributed by atoms with E-state index in [-0.39, 0.29) is 26.3 Å². The molecule has 0 spiro atoms. The molecule has 3 atom stereocenters. The van der Waals surface area contributed by atoms with Gasteiger partial charge in [-0.2, -0.15) is 13.2 Å². The second-order valence-electron chi connectivity index (χ2n) is 5.13. The Labute approximate surface area is 114 Å². The molecular weight excluding hydrogens is 285 g/mol. The van der Waals surface area contributed by atoms with Gasteiger partial charge in [0.15, 0.2) is 6.30 Å². The van der Waals surface area contributed by atoms with Crippen LogP contribution in [0.25, 0.3) is 0 Å². The highest BCUT2D eigenvalue weighted by molar-refractivity contribution is 5.02. The zero-order valence-electron chi connectivity index (χ0n) is 11.0. The minimum absolute atomic E-state index is 0.0884. The molecule has 2 rings (SSSR count). The third-order valence-electron chi connectivity index (χ3n) is 3.78. The number of piperidine rings is 1. The van der Waals surface area contributed by atoms with E-state index in [0.29, 0.717) is 12.8 Å². The van der Waals surface area contributed by atoms with Crippen molar-refractivity contribution in [1.82, 2.24) is 4.90 Å². The van der Waals surface area contributed by atoms with E-state index in [4.69, 9.17) is 9.47 Å². The molecule has 0 aromatic heterocycles. The van der Waals surface area contributed by atoms with Crippen molar-refractivity contribution in [3.63, 3.8) is 0 Å². The summed E-state index contributed by atoms with van der Waals surface area (Å²) in [5.41, 5.74) is -4.06. The highest BCUT2D eigenvalue weighted by atomic mass is 19.4. The normalized spacial score (nSPS) is 30.8. The molecule has 2 fully saturated rings. The van der Waals surface area contributed by atoms with Gasteiger partial charge in [0.05, 0.1) is 19.8 Å². The summed E-state index contributed by atoms with van der Waals surface area (Å²) in [6.07, 6.45) is -8.14. The van der Waals surface area contributed by atoms with Gasteiger partial charge in [0.1, 0.15) is 6.10 Å². The Morgan fingerprint density at radius 3 is 2.15 bits per heavy atom. The monoisotopic (exact) mass is 303 g/mol. The fourth-order valence-electron chi connectivity index (χ4n) is 2.61. The van der Waals surface area contributed by atoms with Crippen LogP contribution in [0.3, 0.4) is 0 Å². The number of hydrogen-bond donors (Lipinski definition) is 0. The van der Waals surface area contributed by atoms with Crippen LogP contribution >= 0.6 is 0 Å². The van der Waals surface area contributed by atoms with Crippen LogP contribution in [-0.2, 0) is 9.47 Å². The van der Waals surface area contributed by atoms with Crippen molar-refractivity contribution in [2.45, 2.75) is 43.5 Å². The summed E-state index contributed by atoms with van der Waals surface area (Å²) < 4.78 is 77.9. The Kier molecular flexibility index (Phi) is 4.86. The molecule has 2 aliphatic rings. The van der Waals surface area contributed by atoms with Gasteiger partial charge in [0, 0.05) is 13.1 Å². The number of rotatable bonds is 3. The van der Waals surface area contributed by atoms with Crippen molar-refractivity contribution in [3.05, 3.63) is 0 Å². The van der Waals surface area contributed by atoms with E-state index in [1.54, 1.807) is 0 Å². The summed E-state index contributed by atoms with van der Waals surface area (Å²) in [6.45, 7) is -0.429. The average Bonchev–Trinajstić information content (AvgIpc) is 2.46. The van der Waals surface area contributed by atoms with E-state index >= 15 is 0 Å². The molecule has 8 heteroatoms. The van der Waals surface area contributed by atoms with Crippen LogP contribution in [-0.4, -0.2) is 62.1 Å². The molecular formula is C12H18F5NO2. The van der Waals surface area contributed by atoms with Crippen LogP contribution in [0.5, 0.6) is 0 Å². The highest BCUT2D eigenvalue weighted by Gasteiger charge is 2.68. The maximum Gasteiger partial charge on any atom is 0.429 e. The van der Waals surface area contributed by atoms with Gasteiger partial charge in [0.2, 0.25) is 0 Å². The van der Waals surface area contributed by atoms with Crippen molar-refractivity contribution in [2.75, 3.05) is 32.9 Å². The summed E-state index contributed by atoms with van der Waals surface area (Å²) in [4.78, 5) is 0.912. The number of likely N-dealkylation sites (tertiary alicyclic amines) is 1. The molecule has 2 heterocycles. The van der Waals surface area contributed by atoms with E-state index in [1.165, 1.54) is 0 Å². The van der Waals surface area contributed by atoms with E-state index < -0.39 is 30.9 Å². The van der Waals surface area contributed by atoms with Gasteiger partial charge >= 0.3 is 6.18 Å². The molecule has 20 heavy (non-hydrogen) atoms. The predicted octanol–water partition coefficient (Wildman–Crippen LogP) is 2.45. The predicted molar refractivity (Wildman–Crippen MR) is 60.8 cm³/mol. The van der Waals surface area contributed by atoms with Crippen molar-refractivity contribution < 1.29 is 31.4 Å². The smallest absolute Gasteiger partial charge is 0.376 e. The van der Waals surface area contributed by atoms with Crippen LogP contribution in [0.4, 0.5) is 22.0 Å². The number of halogens is 5. The number of ether oxygens (including phenoxy) is 2. The quantitative estimate of drug-likeness (QED) is 0.590. The maximum atomic E-state index is 14.6. The minimum atomic E-state index is -5.35.